The molecule has 27 heavy (non-hydrogen) atoms. The molecule has 2 aromatic carbocycles. The van der Waals surface area contributed by atoms with Gasteiger partial charge in [-0.2, -0.15) is 5.26 Å². The molecule has 0 aliphatic carbocycles. The van der Waals surface area contributed by atoms with E-state index in [1.807, 2.05) is 6.07 Å². The predicted molar refractivity (Wildman–Crippen MR) is 104 cm³/mol. The molecule has 1 atom stereocenters. The molecule has 0 spiro atoms. The Morgan fingerprint density at radius 1 is 1.19 bits per heavy atom. The van der Waals surface area contributed by atoms with Crippen molar-refractivity contribution in [1.29, 1.82) is 5.26 Å². The van der Waals surface area contributed by atoms with Crippen molar-refractivity contribution in [2.45, 2.75) is 6.92 Å². The second-order valence-corrected chi connectivity index (χ2v) is 7.47. The highest BCUT2D eigenvalue weighted by atomic mass is 32.2. The van der Waals surface area contributed by atoms with Crippen LogP contribution in [-0.2, 0) is 11.3 Å². The zero-order valence-electron chi connectivity index (χ0n) is 14.1. The lowest BCUT2D eigenvalue weighted by Gasteiger charge is -2.27. The molecule has 0 saturated heterocycles. The number of hydrogen-bond acceptors (Lipinski definition) is 5. The first-order chi connectivity index (χ1) is 12.9. The fourth-order valence-electron chi connectivity index (χ4n) is 2.62. The number of nitrogens with zero attached hydrogens (tertiary/aromatic N) is 2. The third-order valence-electron chi connectivity index (χ3n) is 3.91. The molecule has 0 aliphatic heterocycles. The first-order valence-corrected chi connectivity index (χ1v) is 9.60. The van der Waals surface area contributed by atoms with Crippen molar-refractivity contribution in [3.8, 4) is 16.5 Å². The average molecular weight is 397 g/mol. The van der Waals surface area contributed by atoms with Crippen molar-refractivity contribution in [3.63, 3.8) is 0 Å². The van der Waals surface area contributed by atoms with E-state index in [-0.39, 0.29) is 10.6 Å². The number of carboxylic acid groups (broad SMARTS) is 1. The lowest BCUT2D eigenvalue weighted by atomic mass is 10.1. The van der Waals surface area contributed by atoms with Crippen molar-refractivity contribution >= 4 is 39.9 Å². The number of nitriles is 1. The van der Waals surface area contributed by atoms with Gasteiger partial charge in [0.2, 0.25) is 0 Å². The Morgan fingerprint density at radius 3 is 2.41 bits per heavy atom. The number of carbonyl (C=O) groups is 1. The number of thiophene rings is 1. The molecule has 0 fully saturated rings. The van der Waals surface area contributed by atoms with Gasteiger partial charge in [0.1, 0.15) is 4.88 Å². The summed E-state index contributed by atoms with van der Waals surface area (Å²) in [7, 11) is 0. The first kappa shape index (κ1) is 18.8. The molecule has 0 aliphatic rings. The van der Waals surface area contributed by atoms with E-state index in [2.05, 4.69) is 0 Å². The van der Waals surface area contributed by atoms with Crippen LogP contribution in [0.4, 0.5) is 11.4 Å². The highest BCUT2D eigenvalue weighted by molar-refractivity contribution is 7.81. The van der Waals surface area contributed by atoms with Gasteiger partial charge in [0, 0.05) is 4.88 Å². The van der Waals surface area contributed by atoms with Crippen LogP contribution < -0.4 is 4.31 Å². The second-order valence-electron chi connectivity index (χ2n) is 5.62. The first-order valence-electron chi connectivity index (χ1n) is 7.75. The molecule has 3 rings (SSSR count). The number of para-hydroxylation sites is 1. The standard InChI is InChI=1S/C19H14N2O4S2/c1-12-4-2-3-5-15(12)21(27(24)25)16-10-17(26-18(16)19(22)23)14-8-6-13(11-20)7-9-14/h2-10H,1H3,(H,22,23)(H,24,25)/p-1. The van der Waals surface area contributed by atoms with Crippen LogP contribution in [-0.4, -0.2) is 19.8 Å². The Labute approximate surface area is 162 Å². The number of rotatable bonds is 5. The maximum Gasteiger partial charge on any atom is 0.348 e. The minimum Gasteiger partial charge on any atom is -0.755 e. The van der Waals surface area contributed by atoms with Gasteiger partial charge >= 0.3 is 5.97 Å². The molecule has 136 valence electrons. The number of aryl methyl sites for hydroxylation is 1. The van der Waals surface area contributed by atoms with Crippen LogP contribution in [0.15, 0.2) is 54.6 Å². The molecule has 0 saturated carbocycles. The Morgan fingerprint density at radius 2 is 1.85 bits per heavy atom. The summed E-state index contributed by atoms with van der Waals surface area (Å²) in [4.78, 5) is 12.3. The number of hydrogen-bond donors (Lipinski definition) is 1. The van der Waals surface area contributed by atoms with E-state index in [4.69, 9.17) is 5.26 Å². The van der Waals surface area contributed by atoms with Crippen LogP contribution in [0.3, 0.4) is 0 Å². The van der Waals surface area contributed by atoms with Crippen LogP contribution in [0.5, 0.6) is 0 Å². The van der Waals surface area contributed by atoms with Crippen LogP contribution in [0.1, 0.15) is 20.8 Å². The van der Waals surface area contributed by atoms with Gasteiger partial charge in [-0.25, -0.2) is 4.79 Å². The van der Waals surface area contributed by atoms with Gasteiger partial charge < -0.3 is 9.66 Å². The molecule has 0 amide bonds. The summed E-state index contributed by atoms with van der Waals surface area (Å²) in [6.07, 6.45) is 0. The molecule has 1 heterocycles. The smallest absolute Gasteiger partial charge is 0.348 e. The molecule has 1 N–H and O–H groups in total. The minimum atomic E-state index is -2.71. The Hall–Kier alpha value is -2.99. The average Bonchev–Trinajstić information content (AvgIpc) is 3.08. The molecule has 8 heteroatoms. The molecule has 0 bridgehead atoms. The lowest BCUT2D eigenvalue weighted by Crippen LogP contribution is -2.21. The quantitative estimate of drug-likeness (QED) is 0.649. The van der Waals surface area contributed by atoms with Gasteiger partial charge in [-0.05, 0) is 42.3 Å². The maximum atomic E-state index is 12.0. The van der Waals surface area contributed by atoms with E-state index in [0.717, 1.165) is 15.6 Å². The van der Waals surface area contributed by atoms with Gasteiger partial charge in [0.25, 0.3) is 0 Å². The third-order valence-corrected chi connectivity index (χ3v) is 5.76. The summed E-state index contributed by atoms with van der Waals surface area (Å²) in [6, 6.07) is 17.1. The van der Waals surface area contributed by atoms with E-state index < -0.39 is 17.2 Å². The molecule has 0 radical (unpaired) electrons. The summed E-state index contributed by atoms with van der Waals surface area (Å²) < 4.78 is 24.9. The lowest BCUT2D eigenvalue weighted by molar-refractivity contribution is 0.0703. The van der Waals surface area contributed by atoms with Gasteiger partial charge in [0.15, 0.2) is 0 Å². The van der Waals surface area contributed by atoms with Crippen molar-refractivity contribution in [2.75, 3.05) is 4.31 Å². The fraction of sp³-hybridized carbons (Fsp3) is 0.0526. The number of anilines is 2. The van der Waals surface area contributed by atoms with Gasteiger partial charge in [0.05, 0.1) is 34.3 Å². The van der Waals surface area contributed by atoms with E-state index in [1.54, 1.807) is 55.5 Å². The summed E-state index contributed by atoms with van der Waals surface area (Å²) >= 11 is -1.72. The third kappa shape index (κ3) is 3.75. The Balaban J connectivity index is 2.17. The van der Waals surface area contributed by atoms with Gasteiger partial charge in [-0.3, -0.25) is 8.51 Å². The van der Waals surface area contributed by atoms with Crippen molar-refractivity contribution in [2.24, 2.45) is 0 Å². The molecular formula is C19H13N2O4S2-. The number of carboxylic acids is 1. The van der Waals surface area contributed by atoms with E-state index in [1.165, 1.54) is 6.07 Å². The Bertz CT molecular complexity index is 1070. The monoisotopic (exact) mass is 397 g/mol. The number of aromatic carboxylic acids is 1. The predicted octanol–water partition coefficient (Wildman–Crippen LogP) is 4.23. The van der Waals surface area contributed by atoms with E-state index >= 15 is 0 Å². The second kappa shape index (κ2) is 7.72. The van der Waals surface area contributed by atoms with Crippen LogP contribution >= 0.6 is 11.3 Å². The molecule has 1 aromatic heterocycles. The molecule has 1 unspecified atom stereocenters. The van der Waals surface area contributed by atoms with Crippen molar-refractivity contribution < 1.29 is 18.7 Å². The summed E-state index contributed by atoms with van der Waals surface area (Å²) in [5, 5.41) is 18.5. The van der Waals surface area contributed by atoms with Crippen LogP contribution in [0, 0.1) is 18.3 Å². The highest BCUT2D eigenvalue weighted by Gasteiger charge is 2.24. The van der Waals surface area contributed by atoms with Crippen LogP contribution in [0.25, 0.3) is 10.4 Å². The largest absolute Gasteiger partial charge is 0.755 e. The topological polar surface area (TPSA) is 104 Å². The van der Waals surface area contributed by atoms with E-state index in [9.17, 15) is 18.7 Å². The van der Waals surface area contributed by atoms with Gasteiger partial charge in [-0.1, -0.05) is 30.3 Å². The van der Waals surface area contributed by atoms with Crippen molar-refractivity contribution in [3.05, 3.63) is 70.6 Å². The van der Waals surface area contributed by atoms with Crippen LogP contribution in [0.2, 0.25) is 0 Å². The zero-order chi connectivity index (χ0) is 19.6. The zero-order valence-corrected chi connectivity index (χ0v) is 15.7. The normalized spacial score (nSPS) is 11.6. The number of benzene rings is 2. The SMILES string of the molecule is Cc1ccccc1N(c1cc(-c2ccc(C#N)cc2)sc1C(=O)O)S(=O)[O-]. The molecule has 3 aromatic rings. The van der Waals surface area contributed by atoms with E-state index in [0.29, 0.717) is 27.3 Å². The summed E-state index contributed by atoms with van der Waals surface area (Å²) in [5.74, 6) is -1.21. The maximum absolute atomic E-state index is 12.0. The summed E-state index contributed by atoms with van der Waals surface area (Å²) in [6.45, 7) is 1.75. The van der Waals surface area contributed by atoms with Gasteiger partial charge in [-0.15, -0.1) is 11.3 Å². The molecule has 6 nitrogen and oxygen atoms in total. The Kier molecular flexibility index (Phi) is 5.37. The fourth-order valence-corrected chi connectivity index (χ4v) is 4.33. The molecular weight excluding hydrogens is 384 g/mol. The summed E-state index contributed by atoms with van der Waals surface area (Å²) in [5.41, 5.74) is 2.35. The minimum absolute atomic E-state index is 0.0782. The highest BCUT2D eigenvalue weighted by Crippen LogP contribution is 2.41. The van der Waals surface area contributed by atoms with Crippen molar-refractivity contribution in [1.82, 2.24) is 0 Å².